The van der Waals surface area contributed by atoms with Gasteiger partial charge >= 0.3 is 0 Å². The normalized spacial score (nSPS) is 15.4. The first kappa shape index (κ1) is 21.3. The van der Waals surface area contributed by atoms with Crippen molar-refractivity contribution in [3.05, 3.63) is 65.2 Å². The van der Waals surface area contributed by atoms with Crippen LogP contribution in [0.25, 0.3) is 0 Å². The predicted octanol–water partition coefficient (Wildman–Crippen LogP) is 3.28. The summed E-state index contributed by atoms with van der Waals surface area (Å²) in [6, 6.07) is 16.2. The molecule has 1 saturated heterocycles. The number of amides is 1. The zero-order valence-electron chi connectivity index (χ0n) is 17.9. The van der Waals surface area contributed by atoms with Crippen LogP contribution in [-0.2, 0) is 6.54 Å². The van der Waals surface area contributed by atoms with E-state index in [1.165, 1.54) is 11.1 Å². The Hall–Kier alpha value is -2.37. The molecule has 1 heterocycles. The number of nitrogens with zero attached hydrogens (tertiary/aromatic N) is 3. The van der Waals surface area contributed by atoms with Gasteiger partial charge in [-0.3, -0.25) is 9.69 Å². The second-order valence-corrected chi connectivity index (χ2v) is 8.00. The smallest absolute Gasteiger partial charge is 0.257 e. The molecule has 0 aromatic heterocycles. The first-order valence-corrected chi connectivity index (χ1v) is 10.5. The molecular formula is C24H33N3O2. The molecule has 0 N–H and O–H groups in total. The van der Waals surface area contributed by atoms with Crippen LogP contribution in [0.3, 0.4) is 0 Å². The third kappa shape index (κ3) is 6.05. The lowest BCUT2D eigenvalue weighted by atomic mass is 10.1. The topological polar surface area (TPSA) is 36.0 Å². The number of para-hydroxylation sites is 1. The molecule has 0 spiro atoms. The molecule has 3 rings (SSSR count). The van der Waals surface area contributed by atoms with Gasteiger partial charge in [0.25, 0.3) is 5.91 Å². The maximum absolute atomic E-state index is 13.2. The van der Waals surface area contributed by atoms with E-state index in [1.807, 2.05) is 43.3 Å². The van der Waals surface area contributed by atoms with Crippen molar-refractivity contribution in [2.45, 2.75) is 19.9 Å². The summed E-state index contributed by atoms with van der Waals surface area (Å²) in [6.45, 7) is 7.94. The highest BCUT2D eigenvalue weighted by Crippen LogP contribution is 2.21. The van der Waals surface area contributed by atoms with Crippen molar-refractivity contribution in [3.8, 4) is 5.75 Å². The first-order valence-electron chi connectivity index (χ1n) is 10.5. The summed E-state index contributed by atoms with van der Waals surface area (Å²) in [5, 5.41) is 0. The Kier molecular flexibility index (Phi) is 7.67. The summed E-state index contributed by atoms with van der Waals surface area (Å²) in [4.78, 5) is 19.7. The molecular weight excluding hydrogens is 362 g/mol. The Morgan fingerprint density at radius 2 is 1.76 bits per heavy atom. The maximum atomic E-state index is 13.2. The van der Waals surface area contributed by atoms with Crippen LogP contribution in [-0.4, -0.2) is 74.0 Å². The number of carbonyl (C=O) groups is 1. The molecule has 0 bridgehead atoms. The van der Waals surface area contributed by atoms with Gasteiger partial charge < -0.3 is 14.5 Å². The standard InChI is InChI=1S/C24H33N3O2/c1-20-9-4-5-10-21(20)19-26-13-8-14-27(16-15-26)24(28)22-11-6-7-12-23(22)29-18-17-25(2)3/h4-7,9-12H,8,13-19H2,1-3H3. The minimum atomic E-state index is 0.0724. The van der Waals surface area contributed by atoms with Gasteiger partial charge in [-0.1, -0.05) is 36.4 Å². The van der Waals surface area contributed by atoms with Gasteiger partial charge in [-0.2, -0.15) is 0 Å². The molecule has 0 atom stereocenters. The highest BCUT2D eigenvalue weighted by Gasteiger charge is 2.23. The predicted molar refractivity (Wildman–Crippen MR) is 117 cm³/mol. The monoisotopic (exact) mass is 395 g/mol. The molecule has 1 amide bonds. The Labute approximate surface area is 174 Å². The van der Waals surface area contributed by atoms with E-state index in [9.17, 15) is 4.79 Å². The Bertz CT molecular complexity index is 806. The van der Waals surface area contributed by atoms with Crippen molar-refractivity contribution in [3.63, 3.8) is 0 Å². The van der Waals surface area contributed by atoms with Crippen LogP contribution in [0.4, 0.5) is 0 Å². The molecule has 1 aliphatic rings. The van der Waals surface area contributed by atoms with Gasteiger partial charge in [-0.05, 0) is 50.7 Å². The summed E-state index contributed by atoms with van der Waals surface area (Å²) in [6.07, 6.45) is 0.987. The number of carbonyl (C=O) groups excluding carboxylic acids is 1. The number of rotatable bonds is 7. The molecule has 5 heteroatoms. The van der Waals surface area contributed by atoms with E-state index in [0.29, 0.717) is 17.9 Å². The second-order valence-electron chi connectivity index (χ2n) is 8.00. The molecule has 0 radical (unpaired) electrons. The fourth-order valence-corrected chi connectivity index (χ4v) is 3.64. The van der Waals surface area contributed by atoms with Gasteiger partial charge in [0, 0.05) is 39.3 Å². The largest absolute Gasteiger partial charge is 0.491 e. The van der Waals surface area contributed by atoms with Crippen LogP contribution in [0, 0.1) is 6.92 Å². The number of aryl methyl sites for hydroxylation is 1. The fourth-order valence-electron chi connectivity index (χ4n) is 3.64. The van der Waals surface area contributed by atoms with E-state index >= 15 is 0 Å². The molecule has 1 fully saturated rings. The summed E-state index contributed by atoms with van der Waals surface area (Å²) >= 11 is 0. The average molecular weight is 396 g/mol. The quantitative estimate of drug-likeness (QED) is 0.721. The van der Waals surface area contributed by atoms with Crippen LogP contribution < -0.4 is 4.74 Å². The molecule has 0 aliphatic carbocycles. The van der Waals surface area contributed by atoms with Crippen molar-refractivity contribution in [2.24, 2.45) is 0 Å². The van der Waals surface area contributed by atoms with E-state index in [4.69, 9.17) is 4.74 Å². The lowest BCUT2D eigenvalue weighted by molar-refractivity contribution is 0.0756. The Balaban J connectivity index is 1.61. The molecule has 29 heavy (non-hydrogen) atoms. The fraction of sp³-hybridized carbons (Fsp3) is 0.458. The Morgan fingerprint density at radius 3 is 2.55 bits per heavy atom. The van der Waals surface area contributed by atoms with E-state index < -0.39 is 0 Å². The third-order valence-electron chi connectivity index (χ3n) is 5.44. The van der Waals surface area contributed by atoms with Crippen molar-refractivity contribution < 1.29 is 9.53 Å². The molecule has 5 nitrogen and oxygen atoms in total. The van der Waals surface area contributed by atoms with Crippen LogP contribution in [0.2, 0.25) is 0 Å². The number of hydrogen-bond donors (Lipinski definition) is 0. The average Bonchev–Trinajstić information content (AvgIpc) is 2.95. The summed E-state index contributed by atoms with van der Waals surface area (Å²) in [5.74, 6) is 0.753. The summed E-state index contributed by atoms with van der Waals surface area (Å²) < 4.78 is 5.90. The van der Waals surface area contributed by atoms with Crippen LogP contribution in [0.5, 0.6) is 5.75 Å². The van der Waals surface area contributed by atoms with Crippen LogP contribution >= 0.6 is 0 Å². The first-order chi connectivity index (χ1) is 14.0. The van der Waals surface area contributed by atoms with E-state index in [1.54, 1.807) is 0 Å². The molecule has 2 aromatic rings. The third-order valence-corrected chi connectivity index (χ3v) is 5.44. The van der Waals surface area contributed by atoms with Crippen molar-refractivity contribution in [2.75, 3.05) is 53.4 Å². The SMILES string of the molecule is Cc1ccccc1CN1CCCN(C(=O)c2ccccc2OCCN(C)C)CC1. The van der Waals surface area contributed by atoms with Gasteiger partial charge in [0.2, 0.25) is 0 Å². The van der Waals surface area contributed by atoms with Gasteiger partial charge in [-0.15, -0.1) is 0 Å². The van der Waals surface area contributed by atoms with Crippen LogP contribution in [0.1, 0.15) is 27.9 Å². The van der Waals surface area contributed by atoms with E-state index in [2.05, 4.69) is 41.0 Å². The van der Waals surface area contributed by atoms with Crippen molar-refractivity contribution in [1.82, 2.24) is 14.7 Å². The lowest BCUT2D eigenvalue weighted by Gasteiger charge is -2.23. The number of likely N-dealkylation sites (N-methyl/N-ethyl adjacent to an activating group) is 1. The highest BCUT2D eigenvalue weighted by atomic mass is 16.5. The minimum Gasteiger partial charge on any atom is -0.491 e. The minimum absolute atomic E-state index is 0.0724. The van der Waals surface area contributed by atoms with Gasteiger partial charge in [-0.25, -0.2) is 0 Å². The number of ether oxygens (including phenoxy) is 1. The molecule has 2 aromatic carbocycles. The van der Waals surface area contributed by atoms with Gasteiger partial charge in [0.05, 0.1) is 5.56 Å². The summed E-state index contributed by atoms with van der Waals surface area (Å²) in [7, 11) is 4.03. The highest BCUT2D eigenvalue weighted by molar-refractivity contribution is 5.97. The van der Waals surface area contributed by atoms with E-state index in [-0.39, 0.29) is 5.91 Å². The Morgan fingerprint density at radius 1 is 1.00 bits per heavy atom. The molecule has 1 aliphatic heterocycles. The van der Waals surface area contributed by atoms with Crippen molar-refractivity contribution >= 4 is 5.91 Å². The maximum Gasteiger partial charge on any atom is 0.257 e. The number of hydrogen-bond acceptors (Lipinski definition) is 4. The molecule has 0 unspecified atom stereocenters. The van der Waals surface area contributed by atoms with E-state index in [0.717, 1.165) is 45.7 Å². The molecule has 156 valence electrons. The zero-order chi connectivity index (χ0) is 20.6. The van der Waals surface area contributed by atoms with Crippen molar-refractivity contribution in [1.29, 1.82) is 0 Å². The second kappa shape index (κ2) is 10.4. The summed E-state index contributed by atoms with van der Waals surface area (Å²) in [5.41, 5.74) is 3.36. The lowest BCUT2D eigenvalue weighted by Crippen LogP contribution is -2.35. The van der Waals surface area contributed by atoms with Gasteiger partial charge in [0.1, 0.15) is 12.4 Å². The molecule has 0 saturated carbocycles. The zero-order valence-corrected chi connectivity index (χ0v) is 17.9. The van der Waals surface area contributed by atoms with Crippen LogP contribution in [0.15, 0.2) is 48.5 Å². The van der Waals surface area contributed by atoms with Gasteiger partial charge in [0.15, 0.2) is 0 Å². The number of benzene rings is 2.